The number of benzene rings is 1. The molecular weight excluding hydrogens is 288 g/mol. The second-order valence-corrected chi connectivity index (χ2v) is 5.46. The second-order valence-electron chi connectivity index (χ2n) is 4.50. The fourth-order valence-corrected chi connectivity index (χ4v) is 2.53. The van der Waals surface area contributed by atoms with Gasteiger partial charge in [0.05, 0.1) is 5.75 Å². The second kappa shape index (κ2) is 6.94. The zero-order chi connectivity index (χ0) is 15.2. The molecule has 1 heterocycles. The SMILES string of the molecule is CN(Cc1ccccc1)C(=O)CSc1nc(N)cc(=O)[nH]1. The quantitative estimate of drug-likeness (QED) is 0.637. The molecule has 21 heavy (non-hydrogen) atoms. The fourth-order valence-electron chi connectivity index (χ4n) is 1.71. The third-order valence-electron chi connectivity index (χ3n) is 2.76. The fraction of sp³-hybridized carbons (Fsp3) is 0.214. The number of anilines is 1. The van der Waals surface area contributed by atoms with Crippen molar-refractivity contribution in [3.8, 4) is 0 Å². The van der Waals surface area contributed by atoms with E-state index in [2.05, 4.69) is 9.97 Å². The van der Waals surface area contributed by atoms with Gasteiger partial charge in [-0.1, -0.05) is 42.1 Å². The van der Waals surface area contributed by atoms with Crippen LogP contribution in [0.3, 0.4) is 0 Å². The van der Waals surface area contributed by atoms with E-state index in [1.54, 1.807) is 11.9 Å². The van der Waals surface area contributed by atoms with Crippen LogP contribution in [0.15, 0.2) is 46.3 Å². The summed E-state index contributed by atoms with van der Waals surface area (Å²) in [5.74, 6) is 0.288. The number of aromatic nitrogens is 2. The maximum Gasteiger partial charge on any atom is 0.253 e. The van der Waals surface area contributed by atoms with Crippen LogP contribution in [0.2, 0.25) is 0 Å². The molecule has 0 aliphatic carbocycles. The van der Waals surface area contributed by atoms with Crippen molar-refractivity contribution in [2.75, 3.05) is 18.5 Å². The maximum atomic E-state index is 12.0. The van der Waals surface area contributed by atoms with Gasteiger partial charge in [-0.3, -0.25) is 9.59 Å². The molecule has 0 bridgehead atoms. The van der Waals surface area contributed by atoms with Crippen LogP contribution in [0, 0.1) is 0 Å². The van der Waals surface area contributed by atoms with E-state index in [4.69, 9.17) is 5.73 Å². The first-order valence-corrected chi connectivity index (χ1v) is 7.30. The molecule has 0 radical (unpaired) electrons. The van der Waals surface area contributed by atoms with Gasteiger partial charge in [-0.15, -0.1) is 0 Å². The number of nitrogen functional groups attached to an aromatic ring is 1. The van der Waals surface area contributed by atoms with E-state index in [-0.39, 0.29) is 23.0 Å². The average molecular weight is 304 g/mol. The smallest absolute Gasteiger partial charge is 0.253 e. The molecule has 0 saturated heterocycles. The lowest BCUT2D eigenvalue weighted by Crippen LogP contribution is -2.28. The van der Waals surface area contributed by atoms with Gasteiger partial charge in [-0.2, -0.15) is 0 Å². The average Bonchev–Trinajstić information content (AvgIpc) is 2.44. The summed E-state index contributed by atoms with van der Waals surface area (Å²) in [5, 5.41) is 0.349. The molecule has 7 heteroatoms. The first-order valence-electron chi connectivity index (χ1n) is 6.32. The third-order valence-corrected chi connectivity index (χ3v) is 3.62. The van der Waals surface area contributed by atoms with Gasteiger partial charge in [0, 0.05) is 19.7 Å². The molecule has 0 aliphatic rings. The highest BCUT2D eigenvalue weighted by Crippen LogP contribution is 2.13. The Morgan fingerprint density at radius 3 is 2.76 bits per heavy atom. The van der Waals surface area contributed by atoms with Crippen molar-refractivity contribution in [2.24, 2.45) is 0 Å². The first kappa shape index (κ1) is 15.1. The number of amides is 1. The normalized spacial score (nSPS) is 10.3. The molecule has 2 rings (SSSR count). The van der Waals surface area contributed by atoms with Crippen LogP contribution < -0.4 is 11.3 Å². The number of hydrogen-bond donors (Lipinski definition) is 2. The number of aromatic amines is 1. The molecule has 1 aromatic carbocycles. The van der Waals surface area contributed by atoms with Crippen LogP contribution >= 0.6 is 11.8 Å². The minimum atomic E-state index is -0.324. The largest absolute Gasteiger partial charge is 0.383 e. The molecule has 110 valence electrons. The number of H-pyrrole nitrogens is 1. The van der Waals surface area contributed by atoms with Crippen molar-refractivity contribution < 1.29 is 4.79 Å². The number of nitrogens with two attached hydrogens (primary N) is 1. The molecule has 2 aromatic rings. The van der Waals surface area contributed by atoms with Crippen molar-refractivity contribution in [1.29, 1.82) is 0 Å². The Bertz CT molecular complexity index is 672. The summed E-state index contributed by atoms with van der Waals surface area (Å²) < 4.78 is 0. The van der Waals surface area contributed by atoms with E-state index < -0.39 is 0 Å². The Hall–Kier alpha value is -2.28. The Labute approximate surface area is 126 Å². The van der Waals surface area contributed by atoms with Gasteiger partial charge in [0.15, 0.2) is 5.16 Å². The molecule has 1 amide bonds. The predicted octanol–water partition coefficient (Wildman–Crippen LogP) is 1.10. The van der Waals surface area contributed by atoms with E-state index in [9.17, 15) is 9.59 Å². The van der Waals surface area contributed by atoms with Gasteiger partial charge >= 0.3 is 0 Å². The van der Waals surface area contributed by atoms with Crippen LogP contribution in [0.4, 0.5) is 5.82 Å². The van der Waals surface area contributed by atoms with Crippen LogP contribution in [0.5, 0.6) is 0 Å². The Morgan fingerprint density at radius 1 is 1.38 bits per heavy atom. The molecule has 0 spiro atoms. The molecule has 0 atom stereocenters. The Morgan fingerprint density at radius 2 is 2.10 bits per heavy atom. The predicted molar refractivity (Wildman–Crippen MR) is 82.9 cm³/mol. The van der Waals surface area contributed by atoms with Crippen molar-refractivity contribution in [2.45, 2.75) is 11.7 Å². The lowest BCUT2D eigenvalue weighted by Gasteiger charge is -2.16. The lowest BCUT2D eigenvalue weighted by molar-refractivity contribution is -0.127. The summed E-state index contributed by atoms with van der Waals surface area (Å²) in [5.41, 5.74) is 6.23. The lowest BCUT2D eigenvalue weighted by atomic mass is 10.2. The first-order chi connectivity index (χ1) is 10.0. The zero-order valence-corrected chi connectivity index (χ0v) is 12.4. The number of nitrogens with zero attached hydrogens (tertiary/aromatic N) is 2. The van der Waals surface area contributed by atoms with Crippen LogP contribution in [-0.2, 0) is 11.3 Å². The molecular formula is C14H16N4O2S. The molecule has 0 saturated carbocycles. The summed E-state index contributed by atoms with van der Waals surface area (Å²) in [6.45, 7) is 0.543. The summed E-state index contributed by atoms with van der Waals surface area (Å²) >= 11 is 1.16. The summed E-state index contributed by atoms with van der Waals surface area (Å²) in [6, 6.07) is 10.9. The standard InChI is InChI=1S/C14H16N4O2S/c1-18(8-10-5-3-2-4-6-10)13(20)9-21-14-16-11(15)7-12(19)17-14/h2-7H,8-9H2,1H3,(H3,15,16,17,19). The Balaban J connectivity index is 1.90. The van der Waals surface area contributed by atoms with Crippen LogP contribution in [0.25, 0.3) is 0 Å². The number of hydrogen-bond acceptors (Lipinski definition) is 5. The van der Waals surface area contributed by atoms with Gasteiger partial charge in [0.25, 0.3) is 5.56 Å². The van der Waals surface area contributed by atoms with E-state index in [0.717, 1.165) is 17.3 Å². The van der Waals surface area contributed by atoms with Crippen LogP contribution in [0.1, 0.15) is 5.56 Å². The van der Waals surface area contributed by atoms with E-state index >= 15 is 0 Å². The minimum absolute atomic E-state index is 0.0473. The molecule has 3 N–H and O–H groups in total. The molecule has 0 aliphatic heterocycles. The number of carbonyl (C=O) groups is 1. The van der Waals surface area contributed by atoms with E-state index in [1.165, 1.54) is 6.07 Å². The molecule has 6 nitrogen and oxygen atoms in total. The summed E-state index contributed by atoms with van der Waals surface area (Å²) in [6.07, 6.45) is 0. The highest BCUT2D eigenvalue weighted by Gasteiger charge is 2.11. The number of carbonyl (C=O) groups excluding carboxylic acids is 1. The third kappa shape index (κ3) is 4.64. The minimum Gasteiger partial charge on any atom is -0.383 e. The van der Waals surface area contributed by atoms with Gasteiger partial charge in [0.2, 0.25) is 5.91 Å². The maximum absolute atomic E-state index is 12.0. The summed E-state index contributed by atoms with van der Waals surface area (Å²) in [7, 11) is 1.74. The Kier molecular flexibility index (Phi) is 4.99. The summed E-state index contributed by atoms with van der Waals surface area (Å²) in [4.78, 5) is 31.4. The molecule has 0 unspecified atom stereocenters. The van der Waals surface area contributed by atoms with E-state index in [1.807, 2.05) is 30.3 Å². The van der Waals surface area contributed by atoms with E-state index in [0.29, 0.717) is 11.7 Å². The van der Waals surface area contributed by atoms with Crippen LogP contribution in [-0.4, -0.2) is 33.6 Å². The van der Waals surface area contributed by atoms with Gasteiger partial charge < -0.3 is 15.6 Å². The highest BCUT2D eigenvalue weighted by atomic mass is 32.2. The van der Waals surface area contributed by atoms with Crippen molar-refractivity contribution >= 4 is 23.5 Å². The van der Waals surface area contributed by atoms with Crippen molar-refractivity contribution in [1.82, 2.24) is 14.9 Å². The van der Waals surface area contributed by atoms with Crippen molar-refractivity contribution in [3.05, 3.63) is 52.3 Å². The molecule has 1 aromatic heterocycles. The number of rotatable bonds is 5. The number of nitrogens with one attached hydrogen (secondary N) is 1. The van der Waals surface area contributed by atoms with Crippen molar-refractivity contribution in [3.63, 3.8) is 0 Å². The topological polar surface area (TPSA) is 92.1 Å². The number of thioether (sulfide) groups is 1. The zero-order valence-electron chi connectivity index (χ0n) is 11.6. The highest BCUT2D eigenvalue weighted by molar-refractivity contribution is 7.99. The van der Waals surface area contributed by atoms with Gasteiger partial charge in [0.1, 0.15) is 5.82 Å². The monoisotopic (exact) mass is 304 g/mol. The molecule has 0 fully saturated rings. The van der Waals surface area contributed by atoms with Gasteiger partial charge in [-0.25, -0.2) is 4.98 Å². The van der Waals surface area contributed by atoms with Gasteiger partial charge in [-0.05, 0) is 5.56 Å².